The maximum atomic E-state index is 11.9. The van der Waals surface area contributed by atoms with E-state index in [0.717, 1.165) is 22.1 Å². The number of carbonyl (C=O) groups is 1. The second kappa shape index (κ2) is 6.40. The Balaban J connectivity index is 2.14. The van der Waals surface area contributed by atoms with Crippen LogP contribution in [-0.4, -0.2) is 20.2 Å². The summed E-state index contributed by atoms with van der Waals surface area (Å²) in [6, 6.07) is 15.5. The average molecular weight is 308 g/mol. The first-order chi connectivity index (χ1) is 11.2. The maximum absolute atomic E-state index is 11.9. The molecule has 23 heavy (non-hydrogen) atoms. The number of carbonyl (C=O) groups excluding carboxylic acids is 1. The van der Waals surface area contributed by atoms with Crippen molar-refractivity contribution in [1.29, 1.82) is 0 Å². The van der Waals surface area contributed by atoms with Crippen molar-refractivity contribution in [2.24, 2.45) is 0 Å². The van der Waals surface area contributed by atoms with E-state index < -0.39 is 5.97 Å². The number of esters is 1. The van der Waals surface area contributed by atoms with Gasteiger partial charge in [-0.05, 0) is 23.3 Å². The molecule has 1 aromatic heterocycles. The van der Waals surface area contributed by atoms with Crippen molar-refractivity contribution in [3.8, 4) is 11.1 Å². The minimum Gasteiger partial charge on any atom is -0.503 e. The highest BCUT2D eigenvalue weighted by Crippen LogP contribution is 2.32. The third-order valence-electron chi connectivity index (χ3n) is 3.61. The molecule has 0 amide bonds. The molecule has 0 saturated heterocycles. The fourth-order valence-electron chi connectivity index (χ4n) is 2.50. The van der Waals surface area contributed by atoms with Crippen LogP contribution in [0.4, 0.5) is 0 Å². The van der Waals surface area contributed by atoms with Crippen LogP contribution in [0.15, 0.2) is 65.5 Å². The summed E-state index contributed by atoms with van der Waals surface area (Å²) in [6.45, 7) is 0. The Bertz CT molecular complexity index is 859. The van der Waals surface area contributed by atoms with E-state index in [-0.39, 0.29) is 0 Å². The Morgan fingerprint density at radius 3 is 2.57 bits per heavy atom. The topological polar surface area (TPSA) is 48.7 Å². The van der Waals surface area contributed by atoms with Crippen LogP contribution in [0.3, 0.4) is 0 Å². The van der Waals surface area contributed by atoms with Gasteiger partial charge in [0.1, 0.15) is 11.2 Å². The van der Waals surface area contributed by atoms with E-state index >= 15 is 0 Å². The number of benzene rings is 2. The summed E-state index contributed by atoms with van der Waals surface area (Å²) in [7, 11) is 2.84. The van der Waals surface area contributed by atoms with Gasteiger partial charge < -0.3 is 13.9 Å². The van der Waals surface area contributed by atoms with Gasteiger partial charge in [-0.15, -0.1) is 0 Å². The van der Waals surface area contributed by atoms with Gasteiger partial charge >= 0.3 is 5.97 Å². The summed E-state index contributed by atoms with van der Waals surface area (Å²) >= 11 is 0. The van der Waals surface area contributed by atoms with E-state index in [1.165, 1.54) is 20.5 Å². The lowest BCUT2D eigenvalue weighted by atomic mass is 10.0. The van der Waals surface area contributed by atoms with E-state index in [1.807, 2.05) is 48.5 Å². The number of rotatable bonds is 4. The molecule has 116 valence electrons. The van der Waals surface area contributed by atoms with E-state index in [1.54, 1.807) is 6.26 Å². The molecule has 4 heteroatoms. The molecule has 4 nitrogen and oxygen atoms in total. The second-order valence-corrected chi connectivity index (χ2v) is 4.99. The molecule has 1 heterocycles. The van der Waals surface area contributed by atoms with E-state index in [2.05, 4.69) is 0 Å². The van der Waals surface area contributed by atoms with Crippen molar-refractivity contribution in [3.63, 3.8) is 0 Å². The van der Waals surface area contributed by atoms with Gasteiger partial charge in [0.05, 0.1) is 26.7 Å². The second-order valence-electron chi connectivity index (χ2n) is 4.99. The summed E-state index contributed by atoms with van der Waals surface area (Å²) in [5, 5.41) is 0.930. The van der Waals surface area contributed by atoms with Crippen LogP contribution in [0.25, 0.3) is 27.7 Å². The number of methoxy groups -OCH3 is 2. The van der Waals surface area contributed by atoms with Gasteiger partial charge in [-0.25, -0.2) is 4.79 Å². The summed E-state index contributed by atoms with van der Waals surface area (Å²) in [4.78, 5) is 11.9. The van der Waals surface area contributed by atoms with Gasteiger partial charge in [-0.2, -0.15) is 0 Å². The summed E-state index contributed by atoms with van der Waals surface area (Å²) in [5.74, 6) is -0.448. The van der Waals surface area contributed by atoms with Crippen molar-refractivity contribution in [2.75, 3.05) is 14.2 Å². The lowest BCUT2D eigenvalue weighted by Gasteiger charge is -2.06. The van der Waals surface area contributed by atoms with Crippen molar-refractivity contribution in [3.05, 3.63) is 66.6 Å². The van der Waals surface area contributed by atoms with Gasteiger partial charge in [0.2, 0.25) is 0 Å². The summed E-state index contributed by atoms with van der Waals surface area (Å²) < 4.78 is 15.4. The predicted octanol–water partition coefficient (Wildman–Crippen LogP) is 4.26. The largest absolute Gasteiger partial charge is 0.503 e. The average Bonchev–Trinajstić information content (AvgIpc) is 3.03. The van der Waals surface area contributed by atoms with Crippen LogP contribution in [0.1, 0.15) is 5.56 Å². The van der Waals surface area contributed by atoms with Crippen LogP contribution in [-0.2, 0) is 14.3 Å². The standard InChI is InChI=1S/C19H16O4/c1-21-11-17(19(20)22-2)14-8-9-18-15(10-14)16(12-23-18)13-6-4-3-5-7-13/h3-12H,1-2H3/b17-11+. The quantitative estimate of drug-likeness (QED) is 0.410. The highest BCUT2D eigenvalue weighted by Gasteiger charge is 2.16. The van der Waals surface area contributed by atoms with Gasteiger partial charge in [-0.1, -0.05) is 36.4 Å². The molecule has 0 unspecified atom stereocenters. The number of ether oxygens (including phenoxy) is 2. The van der Waals surface area contributed by atoms with E-state index in [4.69, 9.17) is 13.9 Å². The predicted molar refractivity (Wildman–Crippen MR) is 88.7 cm³/mol. The Hall–Kier alpha value is -3.01. The van der Waals surface area contributed by atoms with Crippen LogP contribution >= 0.6 is 0 Å². The van der Waals surface area contributed by atoms with Gasteiger partial charge in [-0.3, -0.25) is 0 Å². The zero-order chi connectivity index (χ0) is 16.2. The SMILES string of the molecule is CO/C=C(/C(=O)OC)c1ccc2occ(-c3ccccc3)c2c1. The van der Waals surface area contributed by atoms with E-state index in [0.29, 0.717) is 11.1 Å². The highest BCUT2D eigenvalue weighted by atomic mass is 16.5. The minimum absolute atomic E-state index is 0.358. The Labute approximate surface area is 133 Å². The van der Waals surface area contributed by atoms with Crippen LogP contribution in [0, 0.1) is 0 Å². The monoisotopic (exact) mass is 308 g/mol. The van der Waals surface area contributed by atoms with E-state index in [9.17, 15) is 4.79 Å². The molecular formula is C19H16O4. The van der Waals surface area contributed by atoms with Crippen molar-refractivity contribution >= 4 is 22.5 Å². The molecule has 0 fully saturated rings. The zero-order valence-electron chi connectivity index (χ0n) is 12.9. The lowest BCUT2D eigenvalue weighted by molar-refractivity contribution is -0.133. The Kier molecular flexibility index (Phi) is 4.15. The molecular weight excluding hydrogens is 292 g/mol. The van der Waals surface area contributed by atoms with Crippen molar-refractivity contribution < 1.29 is 18.7 Å². The first kappa shape index (κ1) is 14.9. The fraction of sp³-hybridized carbons (Fsp3) is 0.105. The molecule has 0 N–H and O–H groups in total. The maximum Gasteiger partial charge on any atom is 0.341 e. The molecule has 0 saturated carbocycles. The summed E-state index contributed by atoms with van der Waals surface area (Å²) in [6.07, 6.45) is 3.11. The number of hydrogen-bond donors (Lipinski definition) is 0. The molecule has 0 radical (unpaired) electrons. The normalized spacial score (nSPS) is 11.5. The molecule has 0 atom stereocenters. The van der Waals surface area contributed by atoms with Gasteiger partial charge in [0, 0.05) is 10.9 Å². The van der Waals surface area contributed by atoms with Crippen LogP contribution < -0.4 is 0 Å². The highest BCUT2D eigenvalue weighted by molar-refractivity contribution is 6.17. The molecule has 0 aliphatic carbocycles. The van der Waals surface area contributed by atoms with Gasteiger partial charge in [0.15, 0.2) is 0 Å². The Morgan fingerprint density at radius 1 is 1.09 bits per heavy atom. The van der Waals surface area contributed by atoms with Crippen LogP contribution in [0.5, 0.6) is 0 Å². The van der Waals surface area contributed by atoms with Gasteiger partial charge in [0.25, 0.3) is 0 Å². The molecule has 0 bridgehead atoms. The molecule has 2 aromatic carbocycles. The smallest absolute Gasteiger partial charge is 0.341 e. The fourth-order valence-corrected chi connectivity index (χ4v) is 2.50. The molecule has 0 spiro atoms. The number of fused-ring (bicyclic) bond motifs is 1. The molecule has 0 aliphatic rings. The molecule has 0 aliphatic heterocycles. The third-order valence-corrected chi connectivity index (χ3v) is 3.61. The first-order valence-electron chi connectivity index (χ1n) is 7.13. The number of hydrogen-bond acceptors (Lipinski definition) is 4. The van der Waals surface area contributed by atoms with Crippen LogP contribution in [0.2, 0.25) is 0 Å². The van der Waals surface area contributed by atoms with Crippen molar-refractivity contribution in [1.82, 2.24) is 0 Å². The zero-order valence-corrected chi connectivity index (χ0v) is 12.9. The summed E-state index contributed by atoms with van der Waals surface area (Å²) in [5.41, 5.74) is 3.86. The third kappa shape index (κ3) is 2.83. The molecule has 3 aromatic rings. The minimum atomic E-state index is -0.448. The first-order valence-corrected chi connectivity index (χ1v) is 7.13. The van der Waals surface area contributed by atoms with Crippen molar-refractivity contribution in [2.45, 2.75) is 0 Å². The lowest BCUT2D eigenvalue weighted by Crippen LogP contribution is -2.04. The molecule has 3 rings (SSSR count). The Morgan fingerprint density at radius 2 is 1.87 bits per heavy atom. The number of furan rings is 1.